The minimum atomic E-state index is -0.463. The normalized spacial score (nSPS) is 9.77. The molecule has 0 saturated heterocycles. The van der Waals surface area contributed by atoms with E-state index < -0.39 is 14.3 Å². The van der Waals surface area contributed by atoms with Gasteiger partial charge in [-0.25, -0.2) is 0 Å². The van der Waals surface area contributed by atoms with Gasteiger partial charge in [-0.2, -0.15) is 0 Å². The summed E-state index contributed by atoms with van der Waals surface area (Å²) in [7, 11) is 1.90. The van der Waals surface area contributed by atoms with E-state index in [1.165, 1.54) is 5.19 Å². The van der Waals surface area contributed by atoms with Crippen LogP contribution in [0.1, 0.15) is 13.8 Å². The number of hydrogen-bond donors (Lipinski definition) is 0. The second kappa shape index (κ2) is 7.39. The fraction of sp³-hybridized carbons (Fsp3) is 0.455. The average molecular weight is 253 g/mol. The molecule has 0 N–H and O–H groups in total. The maximum absolute atomic E-state index is 2.41. The summed E-state index contributed by atoms with van der Waals surface area (Å²) < 4.78 is 1.02. The van der Waals surface area contributed by atoms with E-state index in [4.69, 9.17) is 0 Å². The molecule has 0 aromatic heterocycles. The first-order valence-corrected chi connectivity index (χ1v) is 10.8. The third-order valence-electron chi connectivity index (χ3n) is 2.00. The van der Waals surface area contributed by atoms with Gasteiger partial charge in [-0.05, 0) is 0 Å². The molecule has 1 aromatic rings. The zero-order valence-electron chi connectivity index (χ0n) is 9.17. The molecule has 0 nitrogen and oxygen atoms in total. The molecule has 2 radical (unpaired) electrons. The molecule has 0 aliphatic heterocycles. The molecule has 13 heavy (non-hydrogen) atoms. The van der Waals surface area contributed by atoms with Crippen molar-refractivity contribution in [2.24, 2.45) is 0 Å². The summed E-state index contributed by atoms with van der Waals surface area (Å²) in [6.45, 7) is 4.63. The fourth-order valence-electron chi connectivity index (χ4n) is 0.478. The Labute approximate surface area is 90.3 Å². The maximum Gasteiger partial charge on any atom is 0.0477 e. The van der Waals surface area contributed by atoms with Gasteiger partial charge in [0.1, 0.15) is 0 Å². The van der Waals surface area contributed by atoms with Crippen molar-refractivity contribution in [3.05, 3.63) is 30.3 Å². The predicted octanol–water partition coefficient (Wildman–Crippen LogP) is 2.10. The van der Waals surface area contributed by atoms with E-state index in [0.29, 0.717) is 0 Å². The second-order valence-electron chi connectivity index (χ2n) is 3.72. The maximum atomic E-state index is 2.41. The molecular weight excluding hydrogens is 233 g/mol. The van der Waals surface area contributed by atoms with Gasteiger partial charge in [0.2, 0.25) is 0 Å². The standard InChI is InChI=1S/C6H7Si.C5H13Ge/c7-6-4-2-1-3-5-6;1-5(2)6(3)4/h1-5H,7H2;5H,1-4H3. The van der Waals surface area contributed by atoms with E-state index in [0.717, 1.165) is 4.75 Å². The predicted molar refractivity (Wildman–Crippen MR) is 67.2 cm³/mol. The molecule has 2 heteroatoms. The van der Waals surface area contributed by atoms with Crippen molar-refractivity contribution in [2.45, 2.75) is 30.1 Å². The van der Waals surface area contributed by atoms with Crippen LogP contribution >= 0.6 is 0 Å². The van der Waals surface area contributed by atoms with Gasteiger partial charge in [-0.3, -0.25) is 0 Å². The molecule has 0 saturated carbocycles. The molecule has 0 fully saturated rings. The third kappa shape index (κ3) is 8.31. The van der Waals surface area contributed by atoms with Crippen LogP contribution in [0.3, 0.4) is 0 Å². The van der Waals surface area contributed by atoms with Crippen molar-refractivity contribution in [3.8, 4) is 0 Å². The Balaban J connectivity index is 0.000000226. The van der Waals surface area contributed by atoms with Gasteiger partial charge in [0.05, 0.1) is 0 Å². The minimum absolute atomic E-state index is 0.463. The molecule has 0 heterocycles. The van der Waals surface area contributed by atoms with Crippen LogP contribution in [0.4, 0.5) is 0 Å². The molecule has 0 aliphatic rings. The zero-order chi connectivity index (χ0) is 10.3. The molecular formula is C11H20GeSi. The largest absolute Gasteiger partial charge is 0.0697 e. The molecule has 0 aliphatic carbocycles. The second-order valence-corrected chi connectivity index (χ2v) is 11.5. The molecule has 1 aromatic carbocycles. The quantitative estimate of drug-likeness (QED) is 0.672. The minimum Gasteiger partial charge on any atom is -0.0697 e. The van der Waals surface area contributed by atoms with Crippen molar-refractivity contribution < 1.29 is 0 Å². The first-order chi connectivity index (χ1) is 6.04. The van der Waals surface area contributed by atoms with Crippen LogP contribution < -0.4 is 5.19 Å². The van der Waals surface area contributed by atoms with E-state index in [2.05, 4.69) is 37.5 Å². The van der Waals surface area contributed by atoms with Gasteiger partial charge in [-0.1, -0.05) is 35.5 Å². The van der Waals surface area contributed by atoms with E-state index in [1.54, 1.807) is 0 Å². The summed E-state index contributed by atoms with van der Waals surface area (Å²) in [5, 5.41) is 1.35. The number of rotatable bonds is 1. The van der Waals surface area contributed by atoms with Gasteiger partial charge in [-0.15, -0.1) is 0 Å². The fourth-order valence-corrected chi connectivity index (χ4v) is 0.750. The van der Waals surface area contributed by atoms with Crippen LogP contribution in [0.5, 0.6) is 0 Å². The zero-order valence-corrected chi connectivity index (χ0v) is 12.7. The topological polar surface area (TPSA) is 0 Å². The van der Waals surface area contributed by atoms with Gasteiger partial charge in [0.25, 0.3) is 0 Å². The summed E-state index contributed by atoms with van der Waals surface area (Å²) in [6.07, 6.45) is 0. The SMILES string of the molecule is C[CH](C)[Ge]([CH3])[CH3].[SiH2]c1ccccc1. The summed E-state index contributed by atoms with van der Waals surface area (Å²) >= 11 is -0.463. The van der Waals surface area contributed by atoms with Crippen molar-refractivity contribution in [3.63, 3.8) is 0 Å². The van der Waals surface area contributed by atoms with E-state index >= 15 is 0 Å². The van der Waals surface area contributed by atoms with Crippen LogP contribution in [0.2, 0.25) is 16.3 Å². The van der Waals surface area contributed by atoms with Gasteiger partial charge < -0.3 is 0 Å². The van der Waals surface area contributed by atoms with Crippen LogP contribution in [-0.2, 0) is 0 Å². The molecule has 0 spiro atoms. The number of hydrogen-bond acceptors (Lipinski definition) is 0. The molecule has 0 atom stereocenters. The monoisotopic (exact) mass is 254 g/mol. The van der Waals surface area contributed by atoms with Crippen LogP contribution in [0.15, 0.2) is 30.3 Å². The van der Waals surface area contributed by atoms with E-state index in [-0.39, 0.29) is 0 Å². The smallest absolute Gasteiger partial charge is 0.0477 e. The summed E-state index contributed by atoms with van der Waals surface area (Å²) in [5.41, 5.74) is 0. The van der Waals surface area contributed by atoms with Crippen molar-refractivity contribution >= 4 is 29.8 Å². The Bertz CT molecular complexity index is 201. The van der Waals surface area contributed by atoms with Crippen molar-refractivity contribution in [1.82, 2.24) is 0 Å². The first kappa shape index (κ1) is 13.0. The number of benzene rings is 1. The third-order valence-corrected chi connectivity index (χ3v) is 7.31. The summed E-state index contributed by atoms with van der Waals surface area (Å²) in [6, 6.07) is 10.3. The van der Waals surface area contributed by atoms with Crippen LogP contribution in [0, 0.1) is 0 Å². The van der Waals surface area contributed by atoms with Gasteiger partial charge in [0.15, 0.2) is 0 Å². The van der Waals surface area contributed by atoms with Crippen molar-refractivity contribution in [2.75, 3.05) is 0 Å². The Morgan fingerprint density at radius 3 is 1.62 bits per heavy atom. The Morgan fingerprint density at radius 1 is 1.08 bits per heavy atom. The van der Waals surface area contributed by atoms with Gasteiger partial charge in [0, 0.05) is 10.2 Å². The molecule has 0 amide bonds. The Morgan fingerprint density at radius 2 is 1.46 bits per heavy atom. The molecule has 72 valence electrons. The van der Waals surface area contributed by atoms with Crippen molar-refractivity contribution in [1.29, 1.82) is 0 Å². The van der Waals surface area contributed by atoms with Crippen LogP contribution in [-0.4, -0.2) is 24.6 Å². The van der Waals surface area contributed by atoms with Gasteiger partial charge >= 0.3 is 44.5 Å². The van der Waals surface area contributed by atoms with E-state index in [1.807, 2.05) is 28.4 Å². The summed E-state index contributed by atoms with van der Waals surface area (Å²) in [5.74, 6) is 4.81. The summed E-state index contributed by atoms with van der Waals surface area (Å²) in [4.78, 5) is 0. The Kier molecular flexibility index (Phi) is 7.38. The Hall–Kier alpha value is -0.0203. The van der Waals surface area contributed by atoms with Crippen LogP contribution in [0.25, 0.3) is 0 Å². The van der Waals surface area contributed by atoms with E-state index in [9.17, 15) is 0 Å². The molecule has 1 rings (SSSR count). The molecule has 0 bridgehead atoms. The average Bonchev–Trinajstić information content (AvgIpc) is 2.06. The first-order valence-electron chi connectivity index (χ1n) is 4.71. The molecule has 0 unspecified atom stereocenters.